The zero-order chi connectivity index (χ0) is 22.9. The number of rotatable bonds is 5. The van der Waals surface area contributed by atoms with E-state index in [0.29, 0.717) is 21.9 Å². The van der Waals surface area contributed by atoms with Gasteiger partial charge in [-0.2, -0.15) is 5.10 Å². The van der Waals surface area contributed by atoms with Crippen LogP contribution in [0.5, 0.6) is 5.75 Å². The van der Waals surface area contributed by atoms with E-state index in [1.165, 1.54) is 0 Å². The summed E-state index contributed by atoms with van der Waals surface area (Å²) in [6.07, 6.45) is 0. The van der Waals surface area contributed by atoms with E-state index in [0.717, 1.165) is 33.2 Å². The smallest absolute Gasteiger partial charge is 0.260 e. The predicted molar refractivity (Wildman–Crippen MR) is 131 cm³/mol. The van der Waals surface area contributed by atoms with E-state index in [2.05, 4.69) is 10.5 Å². The minimum atomic E-state index is -0.272. The molecule has 0 aliphatic heterocycles. The molecule has 7 nitrogen and oxygen atoms in total. The number of ether oxygens (including phenoxy) is 1. The van der Waals surface area contributed by atoms with Crippen LogP contribution in [0, 0.1) is 0 Å². The van der Waals surface area contributed by atoms with Crippen molar-refractivity contribution in [2.24, 2.45) is 5.10 Å². The molecule has 5 rings (SSSR count). The van der Waals surface area contributed by atoms with Gasteiger partial charge >= 0.3 is 0 Å². The molecule has 5 aromatic rings. The number of hydrogen-bond acceptors (Lipinski definition) is 5. The van der Waals surface area contributed by atoms with Crippen molar-refractivity contribution in [1.82, 2.24) is 20.0 Å². The van der Waals surface area contributed by atoms with Crippen LogP contribution in [-0.4, -0.2) is 33.3 Å². The van der Waals surface area contributed by atoms with Gasteiger partial charge in [0.05, 0.1) is 29.4 Å². The van der Waals surface area contributed by atoms with Gasteiger partial charge in [0.2, 0.25) is 0 Å². The first-order chi connectivity index (χ1) is 16.0. The highest BCUT2D eigenvalue weighted by molar-refractivity contribution is 6.31. The second-order valence-electron chi connectivity index (χ2n) is 7.59. The molecule has 0 saturated carbocycles. The Balaban J connectivity index is 1.49. The van der Waals surface area contributed by atoms with E-state index in [-0.39, 0.29) is 12.5 Å². The lowest BCUT2D eigenvalue weighted by Gasteiger charge is -2.07. The van der Waals surface area contributed by atoms with Gasteiger partial charge in [0, 0.05) is 10.4 Å². The molecule has 0 unspecified atom stereocenters. The molecule has 1 amide bonds. The zero-order valence-electron chi connectivity index (χ0n) is 18.0. The molecule has 0 fully saturated rings. The number of benzene rings is 3. The summed E-state index contributed by atoms with van der Waals surface area (Å²) in [6.45, 7) is 1.87. The maximum Gasteiger partial charge on any atom is 0.260 e. The highest BCUT2D eigenvalue weighted by atomic mass is 35.5. The molecule has 33 heavy (non-hydrogen) atoms. The average Bonchev–Trinajstić information content (AvgIpc) is 3.12. The number of para-hydroxylation sites is 2. The zero-order valence-corrected chi connectivity index (χ0v) is 18.8. The molecule has 0 aliphatic rings. The number of halogens is 1. The van der Waals surface area contributed by atoms with E-state index in [1.807, 2.05) is 72.2 Å². The van der Waals surface area contributed by atoms with Crippen LogP contribution in [0.3, 0.4) is 0 Å². The minimum absolute atomic E-state index is 0.0358. The lowest BCUT2D eigenvalue weighted by molar-refractivity contribution is -0.121. The normalized spacial score (nSPS) is 11.9. The highest BCUT2D eigenvalue weighted by Crippen LogP contribution is 2.30. The molecule has 0 radical (unpaired) electrons. The first-order valence-electron chi connectivity index (χ1n) is 10.4. The molecule has 0 atom stereocenters. The number of amides is 1. The van der Waals surface area contributed by atoms with Crippen LogP contribution < -0.4 is 10.2 Å². The molecule has 2 heterocycles. The molecule has 8 heteroatoms. The molecule has 0 saturated heterocycles. The second kappa shape index (κ2) is 8.52. The molecule has 164 valence electrons. The third-order valence-electron chi connectivity index (χ3n) is 5.47. The Morgan fingerprint density at radius 1 is 1.06 bits per heavy atom. The largest absolute Gasteiger partial charge is 0.497 e. The quantitative estimate of drug-likeness (QED) is 0.299. The van der Waals surface area contributed by atoms with Crippen LogP contribution >= 0.6 is 11.6 Å². The van der Waals surface area contributed by atoms with Crippen molar-refractivity contribution in [2.75, 3.05) is 7.11 Å². The van der Waals surface area contributed by atoms with Crippen molar-refractivity contribution in [1.29, 1.82) is 0 Å². The van der Waals surface area contributed by atoms with Gasteiger partial charge < -0.3 is 9.30 Å². The first-order valence-corrected chi connectivity index (χ1v) is 10.7. The Kier molecular flexibility index (Phi) is 5.40. The highest BCUT2D eigenvalue weighted by Gasteiger charge is 2.17. The summed E-state index contributed by atoms with van der Waals surface area (Å²) < 4.78 is 7.02. The summed E-state index contributed by atoms with van der Waals surface area (Å²) in [5, 5.41) is 5.71. The van der Waals surface area contributed by atoms with Gasteiger partial charge in [-0.05, 0) is 67.1 Å². The molecular weight excluding hydrogens is 438 g/mol. The fourth-order valence-corrected chi connectivity index (χ4v) is 3.96. The van der Waals surface area contributed by atoms with Crippen LogP contribution in [0.4, 0.5) is 0 Å². The van der Waals surface area contributed by atoms with Gasteiger partial charge in [-0.25, -0.2) is 15.4 Å². The fourth-order valence-electron chi connectivity index (χ4n) is 3.79. The minimum Gasteiger partial charge on any atom is -0.497 e. The second-order valence-corrected chi connectivity index (χ2v) is 8.03. The SMILES string of the molecule is COc1ccc(/C(C)=N/NC(=O)Cn2c3ccc(Cl)cc3c3nc4ccccc4nc32)cc1. The molecule has 0 aliphatic carbocycles. The lowest BCUT2D eigenvalue weighted by atomic mass is 10.1. The van der Waals surface area contributed by atoms with Crippen LogP contribution in [0.1, 0.15) is 12.5 Å². The number of carbonyl (C=O) groups is 1. The number of nitrogens with zero attached hydrogens (tertiary/aromatic N) is 4. The van der Waals surface area contributed by atoms with Gasteiger partial charge in [0.1, 0.15) is 17.8 Å². The summed E-state index contributed by atoms with van der Waals surface area (Å²) in [5.41, 5.74) is 7.92. The van der Waals surface area contributed by atoms with E-state index in [9.17, 15) is 4.79 Å². The Labute approximate surface area is 194 Å². The number of fused-ring (bicyclic) bond motifs is 4. The number of hydrazone groups is 1. The van der Waals surface area contributed by atoms with Crippen LogP contribution in [0.15, 0.2) is 71.8 Å². The Morgan fingerprint density at radius 2 is 1.79 bits per heavy atom. The molecule has 0 spiro atoms. The van der Waals surface area contributed by atoms with Crippen molar-refractivity contribution in [3.05, 3.63) is 77.3 Å². The lowest BCUT2D eigenvalue weighted by Crippen LogP contribution is -2.24. The van der Waals surface area contributed by atoms with E-state index in [4.69, 9.17) is 26.3 Å². The molecule has 2 aromatic heterocycles. The summed E-state index contributed by atoms with van der Waals surface area (Å²) in [7, 11) is 1.62. The van der Waals surface area contributed by atoms with Crippen molar-refractivity contribution in [3.8, 4) is 5.75 Å². The monoisotopic (exact) mass is 457 g/mol. The molecule has 0 bridgehead atoms. The fraction of sp³-hybridized carbons (Fsp3) is 0.120. The average molecular weight is 458 g/mol. The maximum atomic E-state index is 12.8. The van der Waals surface area contributed by atoms with Crippen molar-refractivity contribution >= 4 is 56.3 Å². The van der Waals surface area contributed by atoms with Crippen LogP contribution in [-0.2, 0) is 11.3 Å². The van der Waals surface area contributed by atoms with Gasteiger partial charge in [-0.3, -0.25) is 4.79 Å². The summed E-state index contributed by atoms with van der Waals surface area (Å²) in [5.74, 6) is 0.488. The number of nitrogens with one attached hydrogen (secondary N) is 1. The van der Waals surface area contributed by atoms with Crippen molar-refractivity contribution in [3.63, 3.8) is 0 Å². The van der Waals surface area contributed by atoms with Gasteiger partial charge in [-0.15, -0.1) is 0 Å². The van der Waals surface area contributed by atoms with E-state index >= 15 is 0 Å². The maximum absolute atomic E-state index is 12.8. The topological polar surface area (TPSA) is 81.4 Å². The number of hydrogen-bond donors (Lipinski definition) is 1. The van der Waals surface area contributed by atoms with Gasteiger partial charge in [0.15, 0.2) is 5.65 Å². The molecular formula is C25H20ClN5O2. The summed E-state index contributed by atoms with van der Waals surface area (Å²) in [4.78, 5) is 22.4. The standard InChI is InChI=1S/C25H20ClN5O2/c1-15(16-7-10-18(33-2)11-8-16)29-30-23(32)14-31-22-12-9-17(26)13-19(22)24-25(31)28-21-6-4-3-5-20(21)27-24/h3-13H,14H2,1-2H3,(H,30,32)/b29-15+. The third kappa shape index (κ3) is 3.99. The summed E-state index contributed by atoms with van der Waals surface area (Å²) in [6, 6.07) is 20.7. The van der Waals surface area contributed by atoms with Crippen molar-refractivity contribution in [2.45, 2.75) is 13.5 Å². The number of methoxy groups -OCH3 is 1. The van der Waals surface area contributed by atoms with Crippen LogP contribution in [0.25, 0.3) is 33.1 Å². The Hall–Kier alpha value is -3.97. The third-order valence-corrected chi connectivity index (χ3v) is 5.71. The molecule has 3 aromatic carbocycles. The number of carbonyl (C=O) groups excluding carboxylic acids is 1. The van der Waals surface area contributed by atoms with Gasteiger partial charge in [0.25, 0.3) is 5.91 Å². The Morgan fingerprint density at radius 3 is 2.52 bits per heavy atom. The summed E-state index contributed by atoms with van der Waals surface area (Å²) >= 11 is 6.25. The number of aromatic nitrogens is 3. The van der Waals surface area contributed by atoms with Gasteiger partial charge in [-0.1, -0.05) is 23.7 Å². The van der Waals surface area contributed by atoms with E-state index < -0.39 is 0 Å². The predicted octanol–water partition coefficient (Wildman–Crippen LogP) is 4.94. The first kappa shape index (κ1) is 20.9. The van der Waals surface area contributed by atoms with E-state index in [1.54, 1.807) is 13.2 Å². The van der Waals surface area contributed by atoms with Crippen LogP contribution in [0.2, 0.25) is 5.02 Å². The molecule has 1 N–H and O–H groups in total. The van der Waals surface area contributed by atoms with Crippen molar-refractivity contribution < 1.29 is 9.53 Å². The Bertz CT molecular complexity index is 1540.